The summed E-state index contributed by atoms with van der Waals surface area (Å²) in [6, 6.07) is 1.83. The van der Waals surface area contributed by atoms with E-state index in [1.54, 1.807) is 0 Å². The van der Waals surface area contributed by atoms with E-state index >= 15 is 0 Å². The van der Waals surface area contributed by atoms with Crippen LogP contribution in [0.2, 0.25) is 0 Å². The van der Waals surface area contributed by atoms with Crippen molar-refractivity contribution in [2.24, 2.45) is 5.73 Å². The van der Waals surface area contributed by atoms with Crippen LogP contribution in [0, 0.1) is 11.8 Å². The van der Waals surface area contributed by atoms with Crippen LogP contribution in [0.5, 0.6) is 0 Å². The minimum atomic E-state index is -4.37. The van der Waals surface area contributed by atoms with Gasteiger partial charge in [0.15, 0.2) is 0 Å². The van der Waals surface area contributed by atoms with Crippen molar-refractivity contribution in [2.75, 3.05) is 19.8 Å². The SMILES string of the molecule is NCC#Cc1csc(CNC(=O)CCOCC(F)(F)F)c1. The van der Waals surface area contributed by atoms with Crippen molar-refractivity contribution in [3.8, 4) is 11.8 Å². The second kappa shape index (κ2) is 8.67. The molecule has 0 unspecified atom stereocenters. The highest BCUT2D eigenvalue weighted by Gasteiger charge is 2.27. The fraction of sp³-hybridized carbons (Fsp3) is 0.462. The summed E-state index contributed by atoms with van der Waals surface area (Å²) in [5.74, 6) is 5.22. The number of amides is 1. The normalized spacial score (nSPS) is 10.9. The fourth-order valence-corrected chi connectivity index (χ4v) is 2.07. The van der Waals surface area contributed by atoms with E-state index in [0.29, 0.717) is 6.54 Å². The third-order valence-corrected chi connectivity index (χ3v) is 3.12. The summed E-state index contributed by atoms with van der Waals surface area (Å²) in [7, 11) is 0. The zero-order valence-electron chi connectivity index (χ0n) is 11.1. The first kappa shape index (κ1) is 17.5. The number of hydrogen-bond donors (Lipinski definition) is 2. The molecule has 0 saturated carbocycles. The molecule has 0 aliphatic rings. The highest BCUT2D eigenvalue weighted by molar-refractivity contribution is 7.10. The zero-order valence-corrected chi connectivity index (χ0v) is 11.9. The molecule has 0 bridgehead atoms. The van der Waals surface area contributed by atoms with Crippen molar-refractivity contribution < 1.29 is 22.7 Å². The van der Waals surface area contributed by atoms with Crippen molar-refractivity contribution in [3.05, 3.63) is 21.9 Å². The topological polar surface area (TPSA) is 64.3 Å². The van der Waals surface area contributed by atoms with Crippen LogP contribution in [-0.2, 0) is 16.1 Å². The molecule has 0 spiro atoms. The lowest BCUT2D eigenvalue weighted by Gasteiger charge is -2.07. The monoisotopic (exact) mass is 320 g/mol. The second-order valence-corrected chi connectivity index (χ2v) is 5.00. The molecule has 0 aliphatic carbocycles. The maximum atomic E-state index is 11.8. The third-order valence-electron chi connectivity index (χ3n) is 2.19. The van der Waals surface area contributed by atoms with Gasteiger partial charge in [0.1, 0.15) is 6.61 Å². The van der Waals surface area contributed by atoms with Gasteiger partial charge in [-0.05, 0) is 6.07 Å². The molecule has 0 fully saturated rings. The summed E-state index contributed by atoms with van der Waals surface area (Å²) in [6.07, 6.45) is -4.48. The first-order chi connectivity index (χ1) is 9.90. The van der Waals surface area contributed by atoms with Gasteiger partial charge in [-0.1, -0.05) is 11.8 Å². The minimum Gasteiger partial charge on any atom is -0.372 e. The second-order valence-electron chi connectivity index (χ2n) is 4.00. The Hall–Kier alpha value is -1.56. The van der Waals surface area contributed by atoms with Gasteiger partial charge in [0, 0.05) is 22.2 Å². The van der Waals surface area contributed by atoms with Crippen LogP contribution in [0.25, 0.3) is 0 Å². The van der Waals surface area contributed by atoms with E-state index in [1.165, 1.54) is 11.3 Å². The molecule has 1 aromatic heterocycles. The lowest BCUT2D eigenvalue weighted by atomic mass is 10.3. The molecule has 0 radical (unpaired) electrons. The maximum Gasteiger partial charge on any atom is 0.411 e. The number of nitrogens with one attached hydrogen (secondary N) is 1. The number of rotatable bonds is 6. The molecular weight excluding hydrogens is 305 g/mol. The van der Waals surface area contributed by atoms with E-state index in [1.807, 2.05) is 11.4 Å². The van der Waals surface area contributed by atoms with Crippen LogP contribution >= 0.6 is 11.3 Å². The predicted molar refractivity (Wildman–Crippen MR) is 73.6 cm³/mol. The van der Waals surface area contributed by atoms with Gasteiger partial charge >= 0.3 is 6.18 Å². The standard InChI is InChI=1S/C13H15F3N2O2S/c14-13(15,16)9-20-5-3-12(19)18-7-11-6-10(8-21-11)2-1-4-17/h6,8H,3-5,7,9,17H2,(H,18,19). The number of hydrogen-bond acceptors (Lipinski definition) is 4. The molecule has 0 atom stereocenters. The van der Waals surface area contributed by atoms with Gasteiger partial charge < -0.3 is 15.8 Å². The van der Waals surface area contributed by atoms with E-state index in [0.717, 1.165) is 10.4 Å². The lowest BCUT2D eigenvalue weighted by molar-refractivity contribution is -0.174. The molecule has 21 heavy (non-hydrogen) atoms. The average Bonchev–Trinajstić information content (AvgIpc) is 2.86. The van der Waals surface area contributed by atoms with Crippen molar-refractivity contribution in [2.45, 2.75) is 19.1 Å². The number of thiophene rings is 1. The number of alkyl halides is 3. The maximum absolute atomic E-state index is 11.8. The molecule has 1 aromatic rings. The quantitative estimate of drug-likeness (QED) is 0.619. The molecule has 0 aromatic carbocycles. The summed E-state index contributed by atoms with van der Waals surface area (Å²) in [5.41, 5.74) is 6.08. The van der Waals surface area contributed by atoms with Crippen LogP contribution in [0.1, 0.15) is 16.9 Å². The van der Waals surface area contributed by atoms with Crippen LogP contribution in [-0.4, -0.2) is 31.8 Å². The minimum absolute atomic E-state index is 0.110. The fourth-order valence-electron chi connectivity index (χ4n) is 1.32. The summed E-state index contributed by atoms with van der Waals surface area (Å²) in [6.45, 7) is -1.01. The van der Waals surface area contributed by atoms with Crippen LogP contribution in [0.4, 0.5) is 13.2 Å². The Morgan fingerprint density at radius 2 is 2.24 bits per heavy atom. The van der Waals surface area contributed by atoms with E-state index in [4.69, 9.17) is 5.73 Å². The highest BCUT2D eigenvalue weighted by Crippen LogP contribution is 2.15. The number of carbonyl (C=O) groups excluding carboxylic acids is 1. The summed E-state index contributed by atoms with van der Waals surface area (Å²) >= 11 is 1.44. The Morgan fingerprint density at radius 1 is 1.48 bits per heavy atom. The molecule has 0 saturated heterocycles. The van der Waals surface area contributed by atoms with Crippen molar-refractivity contribution in [1.82, 2.24) is 5.32 Å². The van der Waals surface area contributed by atoms with Gasteiger partial charge in [-0.2, -0.15) is 13.2 Å². The van der Waals surface area contributed by atoms with Gasteiger partial charge in [-0.3, -0.25) is 4.79 Å². The Kier molecular flexibility index (Phi) is 7.22. The molecule has 1 amide bonds. The van der Waals surface area contributed by atoms with Crippen LogP contribution in [0.15, 0.2) is 11.4 Å². The molecule has 1 rings (SSSR count). The Morgan fingerprint density at radius 3 is 2.90 bits per heavy atom. The number of carbonyl (C=O) groups is 1. The van der Waals surface area contributed by atoms with Crippen molar-refractivity contribution in [3.63, 3.8) is 0 Å². The number of nitrogens with two attached hydrogens (primary N) is 1. The van der Waals surface area contributed by atoms with E-state index in [9.17, 15) is 18.0 Å². The first-order valence-electron chi connectivity index (χ1n) is 6.08. The summed E-state index contributed by atoms with van der Waals surface area (Å²) < 4.78 is 39.7. The smallest absolute Gasteiger partial charge is 0.372 e. The van der Waals surface area contributed by atoms with Crippen molar-refractivity contribution in [1.29, 1.82) is 0 Å². The predicted octanol–water partition coefficient (Wildman–Crippen LogP) is 1.64. The van der Waals surface area contributed by atoms with Crippen molar-refractivity contribution >= 4 is 17.2 Å². The van der Waals surface area contributed by atoms with E-state index in [-0.39, 0.29) is 25.5 Å². The Bertz CT molecular complexity index is 517. The average molecular weight is 320 g/mol. The lowest BCUT2D eigenvalue weighted by Crippen LogP contribution is -2.25. The van der Waals surface area contributed by atoms with E-state index < -0.39 is 12.8 Å². The largest absolute Gasteiger partial charge is 0.411 e. The van der Waals surface area contributed by atoms with E-state index in [2.05, 4.69) is 21.9 Å². The highest BCUT2D eigenvalue weighted by atomic mass is 32.1. The Balaban J connectivity index is 2.22. The van der Waals surface area contributed by atoms with Crippen LogP contribution in [0.3, 0.4) is 0 Å². The molecule has 8 heteroatoms. The summed E-state index contributed by atoms with van der Waals surface area (Å²) in [5, 5.41) is 4.45. The van der Waals surface area contributed by atoms with Gasteiger partial charge in [0.05, 0.1) is 19.7 Å². The molecule has 1 heterocycles. The van der Waals surface area contributed by atoms with Gasteiger partial charge in [0.2, 0.25) is 5.91 Å². The molecule has 116 valence electrons. The van der Waals surface area contributed by atoms with Gasteiger partial charge in [-0.15, -0.1) is 11.3 Å². The number of halogens is 3. The van der Waals surface area contributed by atoms with Gasteiger partial charge in [-0.25, -0.2) is 0 Å². The molecule has 3 N–H and O–H groups in total. The molecule has 0 aliphatic heterocycles. The molecule has 4 nitrogen and oxygen atoms in total. The van der Waals surface area contributed by atoms with Gasteiger partial charge in [0.25, 0.3) is 0 Å². The van der Waals surface area contributed by atoms with Crippen LogP contribution < -0.4 is 11.1 Å². The first-order valence-corrected chi connectivity index (χ1v) is 6.96. The zero-order chi connectivity index (χ0) is 15.7. The summed E-state index contributed by atoms with van der Waals surface area (Å²) in [4.78, 5) is 12.3. The third kappa shape index (κ3) is 8.34. The molecular formula is C13H15F3N2O2S. The Labute approximate surface area is 124 Å². The number of ether oxygens (including phenoxy) is 1.